The normalized spacial score (nSPS) is 21.5. The number of aromatic nitrogens is 2. The highest BCUT2D eigenvalue weighted by Gasteiger charge is 2.44. The number of fused-ring (bicyclic) bond motifs is 1. The molecule has 0 amide bonds. The fourth-order valence-corrected chi connectivity index (χ4v) is 4.57. The SMILES string of the molecule is CC.NC1=NC(C2=CCC=NC(Cl)C2)(c2cccc(-c3cncnc3)c2)c2ccccc21. The number of nitrogens with two attached hydrogens (primary N) is 1. The lowest BCUT2D eigenvalue weighted by Gasteiger charge is -2.32. The molecule has 2 aromatic carbocycles. The van der Waals surface area contributed by atoms with Crippen molar-refractivity contribution in [2.75, 3.05) is 0 Å². The van der Waals surface area contributed by atoms with Gasteiger partial charge in [-0.15, -0.1) is 0 Å². The lowest BCUT2D eigenvalue weighted by atomic mass is 9.75. The number of allylic oxidation sites excluding steroid dienone is 1. The van der Waals surface area contributed by atoms with Crippen molar-refractivity contribution in [3.05, 3.63) is 95.6 Å². The zero-order chi connectivity index (χ0) is 22.6. The van der Waals surface area contributed by atoms with Crippen molar-refractivity contribution in [3.63, 3.8) is 0 Å². The maximum Gasteiger partial charge on any atom is 0.135 e. The van der Waals surface area contributed by atoms with E-state index >= 15 is 0 Å². The molecule has 0 radical (unpaired) electrons. The van der Waals surface area contributed by atoms with Gasteiger partial charge < -0.3 is 5.73 Å². The average molecular weight is 444 g/mol. The van der Waals surface area contributed by atoms with Gasteiger partial charge in [0.1, 0.15) is 23.2 Å². The van der Waals surface area contributed by atoms with Crippen LogP contribution in [-0.4, -0.2) is 27.5 Å². The first kappa shape index (κ1) is 21.9. The summed E-state index contributed by atoms with van der Waals surface area (Å²) in [5.74, 6) is 0.538. The van der Waals surface area contributed by atoms with Crippen LogP contribution in [0.2, 0.25) is 0 Å². The largest absolute Gasteiger partial charge is 0.383 e. The van der Waals surface area contributed by atoms with Crippen LogP contribution >= 0.6 is 11.6 Å². The van der Waals surface area contributed by atoms with Gasteiger partial charge in [0.05, 0.1) is 0 Å². The molecular weight excluding hydrogens is 418 g/mol. The summed E-state index contributed by atoms with van der Waals surface area (Å²) in [7, 11) is 0. The summed E-state index contributed by atoms with van der Waals surface area (Å²) in [6.07, 6.45) is 10.5. The number of rotatable bonds is 3. The molecule has 162 valence electrons. The summed E-state index contributed by atoms with van der Waals surface area (Å²) >= 11 is 6.50. The van der Waals surface area contributed by atoms with Crippen molar-refractivity contribution in [2.45, 2.75) is 37.7 Å². The first-order valence-corrected chi connectivity index (χ1v) is 11.3. The molecule has 0 aliphatic carbocycles. The minimum atomic E-state index is -0.729. The van der Waals surface area contributed by atoms with E-state index in [1.165, 1.54) is 6.33 Å². The smallest absolute Gasteiger partial charge is 0.135 e. The summed E-state index contributed by atoms with van der Waals surface area (Å²) < 4.78 is 0. The van der Waals surface area contributed by atoms with E-state index in [2.05, 4.69) is 45.3 Å². The Kier molecular flexibility index (Phi) is 6.47. The minimum absolute atomic E-state index is 0.328. The van der Waals surface area contributed by atoms with Gasteiger partial charge in [-0.05, 0) is 28.3 Å². The topological polar surface area (TPSA) is 76.5 Å². The molecule has 5 nitrogen and oxygen atoms in total. The molecule has 0 saturated heterocycles. The van der Waals surface area contributed by atoms with Gasteiger partial charge in [0.25, 0.3) is 0 Å². The molecule has 32 heavy (non-hydrogen) atoms. The third-order valence-corrected chi connectivity index (χ3v) is 5.91. The van der Waals surface area contributed by atoms with Crippen LogP contribution in [0.4, 0.5) is 0 Å². The van der Waals surface area contributed by atoms with Crippen molar-refractivity contribution < 1.29 is 0 Å². The van der Waals surface area contributed by atoms with Crippen LogP contribution in [0.5, 0.6) is 0 Å². The molecule has 2 aliphatic rings. The number of alkyl halides is 1. The first-order valence-electron chi connectivity index (χ1n) is 10.8. The van der Waals surface area contributed by atoms with E-state index in [0.29, 0.717) is 18.7 Å². The second kappa shape index (κ2) is 9.45. The number of aliphatic imine (C=N–C) groups is 2. The fraction of sp³-hybridized carbons (Fsp3) is 0.231. The quantitative estimate of drug-likeness (QED) is 0.330. The van der Waals surface area contributed by atoms with Crippen LogP contribution < -0.4 is 5.73 Å². The average Bonchev–Trinajstić information content (AvgIpc) is 2.99. The molecule has 0 saturated carbocycles. The molecule has 3 heterocycles. The Hall–Kier alpha value is -3.31. The van der Waals surface area contributed by atoms with Gasteiger partial charge in [0.15, 0.2) is 0 Å². The Labute approximate surface area is 193 Å². The number of nitrogens with zero attached hydrogens (tertiary/aromatic N) is 4. The molecule has 2 N–H and O–H groups in total. The summed E-state index contributed by atoms with van der Waals surface area (Å²) in [4.78, 5) is 17.8. The van der Waals surface area contributed by atoms with Gasteiger partial charge >= 0.3 is 0 Å². The highest BCUT2D eigenvalue weighted by atomic mass is 35.5. The van der Waals surface area contributed by atoms with Crippen LogP contribution in [0.25, 0.3) is 11.1 Å². The standard InChI is InChI=1S/C24H20ClN5.C2H6/c25-22-12-19(7-4-10-29-22)24(21-9-2-1-8-20(21)23(26)30-24)18-6-3-5-16(11-18)17-13-27-15-28-14-17;1-2/h1-3,5-11,13-15,22H,4,12H2,(H2,26,30);1-2H3. The van der Waals surface area contributed by atoms with Crippen molar-refractivity contribution in [1.82, 2.24) is 9.97 Å². The Balaban J connectivity index is 0.00000119. The second-order valence-electron chi connectivity index (χ2n) is 7.40. The third kappa shape index (κ3) is 3.84. The highest BCUT2D eigenvalue weighted by molar-refractivity contribution is 6.21. The van der Waals surface area contributed by atoms with E-state index in [-0.39, 0.29) is 5.50 Å². The monoisotopic (exact) mass is 443 g/mol. The molecule has 3 aromatic rings. The van der Waals surface area contributed by atoms with Crippen molar-refractivity contribution in [1.29, 1.82) is 0 Å². The number of hydrogen-bond donors (Lipinski definition) is 1. The molecule has 0 spiro atoms. The number of amidine groups is 1. The first-order chi connectivity index (χ1) is 15.7. The van der Waals surface area contributed by atoms with Crippen LogP contribution in [0.15, 0.2) is 88.9 Å². The lowest BCUT2D eigenvalue weighted by molar-refractivity contribution is 0.613. The fourth-order valence-electron chi connectivity index (χ4n) is 4.33. The van der Waals surface area contributed by atoms with E-state index in [9.17, 15) is 0 Å². The molecule has 0 bridgehead atoms. The number of hydrogen-bond acceptors (Lipinski definition) is 5. The molecule has 5 rings (SSSR count). The van der Waals surface area contributed by atoms with Crippen LogP contribution in [0, 0.1) is 0 Å². The number of halogens is 1. The summed E-state index contributed by atoms with van der Waals surface area (Å²) in [6.45, 7) is 4.00. The van der Waals surface area contributed by atoms with E-state index < -0.39 is 5.54 Å². The Morgan fingerprint density at radius 2 is 1.78 bits per heavy atom. The maximum atomic E-state index is 6.50. The van der Waals surface area contributed by atoms with Gasteiger partial charge in [0, 0.05) is 42.6 Å². The molecule has 6 heteroatoms. The molecule has 2 aliphatic heterocycles. The number of benzene rings is 2. The maximum absolute atomic E-state index is 6.50. The van der Waals surface area contributed by atoms with Crippen molar-refractivity contribution in [3.8, 4) is 11.1 Å². The van der Waals surface area contributed by atoms with Gasteiger partial charge in [0.2, 0.25) is 0 Å². The van der Waals surface area contributed by atoms with Crippen molar-refractivity contribution >= 4 is 23.7 Å². The predicted molar refractivity (Wildman–Crippen MR) is 132 cm³/mol. The van der Waals surface area contributed by atoms with E-state index in [1.54, 1.807) is 0 Å². The Morgan fingerprint density at radius 3 is 2.59 bits per heavy atom. The predicted octanol–water partition coefficient (Wildman–Crippen LogP) is 5.49. The molecule has 0 fully saturated rings. The summed E-state index contributed by atoms with van der Waals surface area (Å²) in [5.41, 5.74) is 11.5. The van der Waals surface area contributed by atoms with Crippen LogP contribution in [0.3, 0.4) is 0 Å². The molecule has 1 aromatic heterocycles. The molecule has 2 unspecified atom stereocenters. The second-order valence-corrected chi connectivity index (χ2v) is 7.90. The van der Waals surface area contributed by atoms with Gasteiger partial charge in [-0.25, -0.2) is 15.0 Å². The van der Waals surface area contributed by atoms with E-state index in [0.717, 1.165) is 33.4 Å². The Morgan fingerprint density at radius 1 is 1.00 bits per heavy atom. The van der Waals surface area contributed by atoms with Gasteiger partial charge in [-0.1, -0.05) is 74.0 Å². The minimum Gasteiger partial charge on any atom is -0.383 e. The highest BCUT2D eigenvalue weighted by Crippen LogP contribution is 2.48. The van der Waals surface area contributed by atoms with E-state index in [1.807, 2.05) is 56.7 Å². The van der Waals surface area contributed by atoms with Gasteiger partial charge in [-0.2, -0.15) is 0 Å². The third-order valence-electron chi connectivity index (χ3n) is 5.65. The zero-order valence-corrected chi connectivity index (χ0v) is 19.0. The van der Waals surface area contributed by atoms with E-state index in [4.69, 9.17) is 22.3 Å². The zero-order valence-electron chi connectivity index (χ0n) is 18.2. The van der Waals surface area contributed by atoms with Crippen LogP contribution in [-0.2, 0) is 5.54 Å². The van der Waals surface area contributed by atoms with Gasteiger partial charge in [-0.3, -0.25) is 4.99 Å². The Bertz CT molecular complexity index is 1190. The summed E-state index contributed by atoms with van der Waals surface area (Å²) in [5, 5.41) is 0. The molecule has 2 atom stereocenters. The molecular formula is C26H26ClN5. The summed E-state index contributed by atoms with van der Waals surface area (Å²) in [6, 6.07) is 16.5. The van der Waals surface area contributed by atoms with Crippen LogP contribution in [0.1, 0.15) is 43.4 Å². The van der Waals surface area contributed by atoms with Crippen molar-refractivity contribution in [2.24, 2.45) is 15.7 Å². The lowest BCUT2D eigenvalue weighted by Crippen LogP contribution is -2.28.